The zero-order chi connectivity index (χ0) is 10.1. The normalized spacial score (nSPS) is 10.7. The van der Waals surface area contributed by atoms with Crippen molar-refractivity contribution in [2.75, 3.05) is 0 Å². The maximum atomic E-state index is 11.0. The Bertz CT molecular complexity index is 487. The third-order valence-corrected chi connectivity index (χ3v) is 4.09. The van der Waals surface area contributed by atoms with Gasteiger partial charge in [-0.05, 0) is 57.5 Å². The van der Waals surface area contributed by atoms with Gasteiger partial charge in [0.15, 0.2) is 6.29 Å². The molecule has 3 heteroatoms. The summed E-state index contributed by atoms with van der Waals surface area (Å²) in [5.74, 6) is 0. The minimum absolute atomic E-state index is 0.860. The number of hydrogen-bond donors (Lipinski definition) is 0. The second kappa shape index (κ2) is 3.98. The summed E-state index contributed by atoms with van der Waals surface area (Å²) in [6.45, 7) is 2.09. The zero-order valence-electron chi connectivity index (χ0n) is 7.71. The van der Waals surface area contributed by atoms with Gasteiger partial charge < -0.3 is 0 Å². The van der Waals surface area contributed by atoms with Crippen molar-refractivity contribution < 1.29 is 4.79 Å². The van der Waals surface area contributed by atoms with Crippen molar-refractivity contribution in [3.8, 4) is 0 Å². The number of benzene rings is 1. The van der Waals surface area contributed by atoms with E-state index in [1.807, 2.05) is 0 Å². The average molecular weight is 316 g/mol. The lowest BCUT2D eigenvalue weighted by Gasteiger charge is -2.06. The SMILES string of the molecule is CCc1c(C=O)c(I)cc2sccc12. The molecule has 0 saturated carbocycles. The van der Waals surface area contributed by atoms with E-state index in [0.29, 0.717) is 0 Å². The Labute approximate surface area is 100 Å². The summed E-state index contributed by atoms with van der Waals surface area (Å²) in [4.78, 5) is 11.0. The number of aryl methyl sites for hydroxylation is 1. The molecule has 72 valence electrons. The van der Waals surface area contributed by atoms with E-state index in [4.69, 9.17) is 0 Å². The first-order valence-corrected chi connectivity index (χ1v) is 6.37. The Balaban J connectivity index is 2.88. The Kier molecular flexibility index (Phi) is 2.88. The van der Waals surface area contributed by atoms with E-state index in [1.54, 1.807) is 11.3 Å². The molecule has 1 heterocycles. The van der Waals surface area contributed by atoms with E-state index in [0.717, 1.165) is 21.8 Å². The molecule has 0 amide bonds. The molecule has 14 heavy (non-hydrogen) atoms. The molecular formula is C11H9IOS. The molecule has 0 aliphatic carbocycles. The first-order valence-electron chi connectivity index (χ1n) is 4.41. The van der Waals surface area contributed by atoms with Gasteiger partial charge in [-0.15, -0.1) is 11.3 Å². The van der Waals surface area contributed by atoms with E-state index in [9.17, 15) is 4.79 Å². The van der Waals surface area contributed by atoms with Crippen LogP contribution in [-0.2, 0) is 6.42 Å². The van der Waals surface area contributed by atoms with Crippen LogP contribution in [0, 0.1) is 3.57 Å². The Morgan fingerprint density at radius 2 is 2.36 bits per heavy atom. The highest BCUT2D eigenvalue weighted by atomic mass is 127. The van der Waals surface area contributed by atoms with Gasteiger partial charge in [-0.1, -0.05) is 6.92 Å². The quantitative estimate of drug-likeness (QED) is 0.607. The highest BCUT2D eigenvalue weighted by molar-refractivity contribution is 14.1. The highest BCUT2D eigenvalue weighted by Gasteiger charge is 2.10. The van der Waals surface area contributed by atoms with E-state index < -0.39 is 0 Å². The van der Waals surface area contributed by atoms with E-state index in [-0.39, 0.29) is 0 Å². The lowest BCUT2D eigenvalue weighted by atomic mass is 10.0. The predicted octanol–water partition coefficient (Wildman–Crippen LogP) is 3.88. The fourth-order valence-corrected chi connectivity index (χ4v) is 3.50. The molecule has 2 rings (SSSR count). The van der Waals surface area contributed by atoms with Gasteiger partial charge in [-0.25, -0.2) is 0 Å². The Morgan fingerprint density at radius 1 is 1.57 bits per heavy atom. The van der Waals surface area contributed by atoms with Crippen LogP contribution in [0.25, 0.3) is 10.1 Å². The standard InChI is InChI=1S/C11H9IOS/c1-2-7-8-3-4-14-11(8)5-10(12)9(7)6-13/h3-6H,2H2,1H3. The van der Waals surface area contributed by atoms with Crippen molar-refractivity contribution in [2.45, 2.75) is 13.3 Å². The van der Waals surface area contributed by atoms with Gasteiger partial charge in [0.25, 0.3) is 0 Å². The van der Waals surface area contributed by atoms with Crippen LogP contribution >= 0.6 is 33.9 Å². The minimum atomic E-state index is 0.860. The molecule has 0 aliphatic heterocycles. The number of carbonyl (C=O) groups is 1. The maximum Gasteiger partial charge on any atom is 0.151 e. The van der Waals surface area contributed by atoms with Crippen molar-refractivity contribution in [1.82, 2.24) is 0 Å². The molecular weight excluding hydrogens is 307 g/mol. The number of aldehydes is 1. The molecule has 0 fully saturated rings. The van der Waals surface area contributed by atoms with Gasteiger partial charge in [0, 0.05) is 13.8 Å². The molecule has 0 atom stereocenters. The number of rotatable bonds is 2. The van der Waals surface area contributed by atoms with Gasteiger partial charge in [-0.2, -0.15) is 0 Å². The van der Waals surface area contributed by atoms with Crippen LogP contribution in [0.3, 0.4) is 0 Å². The molecule has 0 aliphatic rings. The van der Waals surface area contributed by atoms with Crippen molar-refractivity contribution in [1.29, 1.82) is 0 Å². The van der Waals surface area contributed by atoms with E-state index in [1.165, 1.54) is 15.6 Å². The van der Waals surface area contributed by atoms with Crippen LogP contribution in [0.5, 0.6) is 0 Å². The van der Waals surface area contributed by atoms with Gasteiger partial charge in [0.1, 0.15) is 0 Å². The van der Waals surface area contributed by atoms with Crippen LogP contribution in [-0.4, -0.2) is 6.29 Å². The summed E-state index contributed by atoms with van der Waals surface area (Å²) >= 11 is 3.96. The fourth-order valence-electron chi connectivity index (χ4n) is 1.67. The number of thiophene rings is 1. The van der Waals surface area contributed by atoms with Gasteiger partial charge in [0.05, 0.1) is 0 Å². The third-order valence-electron chi connectivity index (χ3n) is 2.33. The summed E-state index contributed by atoms with van der Waals surface area (Å²) < 4.78 is 2.33. The molecule has 1 nitrogen and oxygen atoms in total. The number of hydrogen-bond acceptors (Lipinski definition) is 2. The summed E-state index contributed by atoms with van der Waals surface area (Å²) in [5.41, 5.74) is 2.04. The third kappa shape index (κ3) is 1.48. The fraction of sp³-hybridized carbons (Fsp3) is 0.182. The first-order chi connectivity index (χ1) is 6.77. The van der Waals surface area contributed by atoms with Crippen molar-refractivity contribution in [3.63, 3.8) is 0 Å². The van der Waals surface area contributed by atoms with Gasteiger partial charge in [0.2, 0.25) is 0 Å². The summed E-state index contributed by atoms with van der Waals surface area (Å²) in [6.07, 6.45) is 1.88. The molecule has 0 bridgehead atoms. The lowest BCUT2D eigenvalue weighted by molar-refractivity contribution is 0.112. The van der Waals surface area contributed by atoms with Gasteiger partial charge in [-0.3, -0.25) is 4.79 Å². The van der Waals surface area contributed by atoms with Crippen LogP contribution in [0.4, 0.5) is 0 Å². The molecule has 0 saturated heterocycles. The molecule has 1 aromatic heterocycles. The summed E-state index contributed by atoms with van der Waals surface area (Å²) in [6, 6.07) is 4.19. The van der Waals surface area contributed by atoms with Crippen LogP contribution < -0.4 is 0 Å². The van der Waals surface area contributed by atoms with Crippen molar-refractivity contribution in [2.24, 2.45) is 0 Å². The lowest BCUT2D eigenvalue weighted by Crippen LogP contribution is -1.94. The minimum Gasteiger partial charge on any atom is -0.298 e. The second-order valence-electron chi connectivity index (χ2n) is 3.05. The Morgan fingerprint density at radius 3 is 3.00 bits per heavy atom. The Hall–Kier alpha value is -0.420. The van der Waals surface area contributed by atoms with Crippen LogP contribution in [0.1, 0.15) is 22.8 Å². The van der Waals surface area contributed by atoms with Crippen LogP contribution in [0.15, 0.2) is 17.5 Å². The largest absolute Gasteiger partial charge is 0.298 e. The molecule has 2 aromatic rings. The second-order valence-corrected chi connectivity index (χ2v) is 5.16. The smallest absolute Gasteiger partial charge is 0.151 e. The topological polar surface area (TPSA) is 17.1 Å². The highest BCUT2D eigenvalue weighted by Crippen LogP contribution is 2.30. The summed E-state index contributed by atoms with van der Waals surface area (Å²) in [7, 11) is 0. The predicted molar refractivity (Wildman–Crippen MR) is 69.3 cm³/mol. The number of fused-ring (bicyclic) bond motifs is 1. The van der Waals surface area contributed by atoms with Gasteiger partial charge >= 0.3 is 0 Å². The monoisotopic (exact) mass is 316 g/mol. The van der Waals surface area contributed by atoms with E-state index in [2.05, 4.69) is 47.0 Å². The van der Waals surface area contributed by atoms with Crippen LogP contribution in [0.2, 0.25) is 0 Å². The molecule has 1 aromatic carbocycles. The summed E-state index contributed by atoms with van der Waals surface area (Å²) in [5, 5.41) is 3.31. The zero-order valence-corrected chi connectivity index (χ0v) is 10.7. The number of carbonyl (C=O) groups excluding carboxylic acids is 1. The molecule has 0 N–H and O–H groups in total. The maximum absolute atomic E-state index is 11.0. The van der Waals surface area contributed by atoms with Crippen molar-refractivity contribution in [3.05, 3.63) is 32.2 Å². The number of halogens is 1. The first kappa shape index (κ1) is 10.1. The van der Waals surface area contributed by atoms with Crippen molar-refractivity contribution >= 4 is 50.3 Å². The molecule has 0 radical (unpaired) electrons. The molecule has 0 unspecified atom stereocenters. The molecule has 0 spiro atoms. The van der Waals surface area contributed by atoms with E-state index >= 15 is 0 Å². The average Bonchev–Trinajstić information content (AvgIpc) is 2.62.